The smallest absolute Gasteiger partial charge is 0.258 e. The Morgan fingerprint density at radius 1 is 0.844 bits per heavy atom. The Bertz CT molecular complexity index is 1030. The highest BCUT2D eigenvalue weighted by atomic mass is 16.5. The standard InChI is InChI=1S/C22H22N2O8/c25-7-8-32-11-3-1-10(2-4-11)16-12-5-6-13-17(21(28)23(30)19(13)26)14(12)9-15-18(16)22(29)24(31)20(15)27/h1-5,13-18,25,30-31H,6-9H2. The van der Waals surface area contributed by atoms with Gasteiger partial charge in [-0.05, 0) is 36.5 Å². The van der Waals surface area contributed by atoms with E-state index in [0.717, 1.165) is 5.57 Å². The van der Waals surface area contributed by atoms with Crippen LogP contribution in [-0.4, -0.2) is 62.5 Å². The highest BCUT2D eigenvalue weighted by Gasteiger charge is 2.62. The van der Waals surface area contributed by atoms with Crippen LogP contribution >= 0.6 is 0 Å². The van der Waals surface area contributed by atoms with Crippen molar-refractivity contribution in [2.45, 2.75) is 18.8 Å². The summed E-state index contributed by atoms with van der Waals surface area (Å²) in [4.78, 5) is 50.5. The summed E-state index contributed by atoms with van der Waals surface area (Å²) in [6.07, 6.45) is 2.22. The molecular formula is C22H22N2O8. The van der Waals surface area contributed by atoms with E-state index in [2.05, 4.69) is 0 Å². The van der Waals surface area contributed by atoms with Gasteiger partial charge in [0, 0.05) is 5.92 Å². The third kappa shape index (κ3) is 2.83. The fourth-order valence-electron chi connectivity index (χ4n) is 5.87. The molecule has 3 fully saturated rings. The number of hydrogen-bond acceptors (Lipinski definition) is 8. The Labute approximate surface area is 182 Å². The molecule has 6 unspecified atom stereocenters. The number of hydrogen-bond donors (Lipinski definition) is 3. The monoisotopic (exact) mass is 442 g/mol. The van der Waals surface area contributed by atoms with Crippen molar-refractivity contribution in [3.8, 4) is 5.75 Å². The van der Waals surface area contributed by atoms with Crippen molar-refractivity contribution < 1.29 is 39.4 Å². The summed E-state index contributed by atoms with van der Waals surface area (Å²) >= 11 is 0. The van der Waals surface area contributed by atoms with Crippen LogP contribution in [0.1, 0.15) is 24.3 Å². The maximum absolute atomic E-state index is 12.8. The zero-order valence-electron chi connectivity index (χ0n) is 17.0. The largest absolute Gasteiger partial charge is 0.491 e. The van der Waals surface area contributed by atoms with Crippen LogP contribution in [0.25, 0.3) is 0 Å². The molecule has 4 aliphatic rings. The molecule has 0 bridgehead atoms. The number of benzene rings is 1. The number of hydroxylamine groups is 4. The zero-order chi connectivity index (χ0) is 22.7. The molecule has 0 aromatic heterocycles. The van der Waals surface area contributed by atoms with Crippen molar-refractivity contribution in [2.75, 3.05) is 13.2 Å². The summed E-state index contributed by atoms with van der Waals surface area (Å²) in [6.45, 7) is -0.00709. The van der Waals surface area contributed by atoms with E-state index in [9.17, 15) is 29.6 Å². The van der Waals surface area contributed by atoms with Crippen LogP contribution in [0.4, 0.5) is 0 Å². The Morgan fingerprint density at radius 2 is 1.47 bits per heavy atom. The molecule has 1 aromatic carbocycles. The SMILES string of the molecule is O=C1C2CC=C3C(CC4C(=O)N(O)C(=O)C4C3c3ccc(OCCO)cc3)C2C(=O)N1O. The van der Waals surface area contributed by atoms with Gasteiger partial charge in [0.05, 0.1) is 30.3 Å². The number of ether oxygens (including phenoxy) is 1. The van der Waals surface area contributed by atoms with Gasteiger partial charge in [-0.25, -0.2) is 0 Å². The van der Waals surface area contributed by atoms with Gasteiger partial charge in [-0.2, -0.15) is 10.1 Å². The summed E-state index contributed by atoms with van der Waals surface area (Å²) in [7, 11) is 0. The van der Waals surface area contributed by atoms with Gasteiger partial charge in [0.25, 0.3) is 23.6 Å². The number of fused-ring (bicyclic) bond motifs is 4. The van der Waals surface area contributed by atoms with Crippen molar-refractivity contribution in [1.82, 2.24) is 10.1 Å². The molecule has 1 aromatic rings. The number of carbonyl (C=O) groups excluding carboxylic acids is 4. The molecule has 4 amide bonds. The molecule has 2 aliphatic carbocycles. The van der Waals surface area contributed by atoms with Gasteiger partial charge in [-0.1, -0.05) is 23.8 Å². The first-order valence-electron chi connectivity index (χ1n) is 10.5. The Kier molecular flexibility index (Phi) is 4.88. The van der Waals surface area contributed by atoms with Crippen molar-refractivity contribution in [2.24, 2.45) is 29.6 Å². The van der Waals surface area contributed by atoms with Gasteiger partial charge in [0.1, 0.15) is 12.4 Å². The molecule has 3 N–H and O–H groups in total. The molecule has 0 radical (unpaired) electrons. The molecule has 0 spiro atoms. The lowest BCUT2D eigenvalue weighted by Crippen LogP contribution is -2.42. The number of aliphatic hydroxyl groups is 1. The minimum absolute atomic E-state index is 0.129. The fraction of sp³-hybridized carbons (Fsp3) is 0.455. The molecule has 2 heterocycles. The number of allylic oxidation sites excluding steroid dienone is 2. The van der Waals surface area contributed by atoms with E-state index in [1.54, 1.807) is 24.3 Å². The average molecular weight is 442 g/mol. The first kappa shape index (κ1) is 20.8. The van der Waals surface area contributed by atoms with E-state index in [1.165, 1.54) is 0 Å². The maximum atomic E-state index is 12.8. The van der Waals surface area contributed by atoms with Crippen LogP contribution in [0.3, 0.4) is 0 Å². The van der Waals surface area contributed by atoms with Crippen molar-refractivity contribution in [1.29, 1.82) is 0 Å². The normalized spacial score (nSPS) is 33.8. The molecule has 5 rings (SSSR count). The summed E-state index contributed by atoms with van der Waals surface area (Å²) < 4.78 is 5.39. The van der Waals surface area contributed by atoms with E-state index in [0.29, 0.717) is 11.3 Å². The topological polar surface area (TPSA) is 145 Å². The minimum Gasteiger partial charge on any atom is -0.491 e. The first-order valence-corrected chi connectivity index (χ1v) is 10.5. The van der Waals surface area contributed by atoms with Crippen LogP contribution in [0, 0.1) is 29.6 Å². The molecule has 2 aliphatic heterocycles. The number of carbonyl (C=O) groups is 4. The van der Waals surface area contributed by atoms with E-state index < -0.39 is 59.1 Å². The van der Waals surface area contributed by atoms with E-state index in [-0.39, 0.29) is 36.2 Å². The van der Waals surface area contributed by atoms with E-state index in [1.807, 2.05) is 6.08 Å². The summed E-state index contributed by atoms with van der Waals surface area (Å²) in [6, 6.07) is 6.88. The van der Waals surface area contributed by atoms with Crippen LogP contribution in [0.15, 0.2) is 35.9 Å². The van der Waals surface area contributed by atoms with Crippen LogP contribution in [0.5, 0.6) is 5.75 Å². The van der Waals surface area contributed by atoms with Gasteiger partial charge in [0.15, 0.2) is 0 Å². The predicted molar refractivity (Wildman–Crippen MR) is 104 cm³/mol. The fourth-order valence-corrected chi connectivity index (χ4v) is 5.87. The molecule has 2 saturated heterocycles. The number of aliphatic hydroxyl groups excluding tert-OH is 1. The Balaban J connectivity index is 1.58. The van der Waals surface area contributed by atoms with Crippen LogP contribution < -0.4 is 4.74 Å². The summed E-state index contributed by atoms with van der Waals surface area (Å²) in [5.41, 5.74) is 1.48. The van der Waals surface area contributed by atoms with Gasteiger partial charge in [-0.3, -0.25) is 29.6 Å². The molecule has 6 atom stereocenters. The maximum Gasteiger partial charge on any atom is 0.258 e. The molecule has 10 nitrogen and oxygen atoms in total. The lowest BCUT2D eigenvalue weighted by molar-refractivity contribution is -0.174. The quantitative estimate of drug-likeness (QED) is 0.347. The minimum atomic E-state index is -0.834. The first-order chi connectivity index (χ1) is 15.3. The van der Waals surface area contributed by atoms with Crippen molar-refractivity contribution in [3.63, 3.8) is 0 Å². The number of rotatable bonds is 4. The predicted octanol–water partition coefficient (Wildman–Crippen LogP) is 0.472. The lowest BCUT2D eigenvalue weighted by atomic mass is 9.57. The molecular weight excluding hydrogens is 420 g/mol. The van der Waals surface area contributed by atoms with Crippen molar-refractivity contribution >= 4 is 23.6 Å². The van der Waals surface area contributed by atoms with E-state index >= 15 is 0 Å². The molecule has 1 saturated carbocycles. The van der Waals surface area contributed by atoms with Gasteiger partial charge >= 0.3 is 0 Å². The van der Waals surface area contributed by atoms with Crippen LogP contribution in [-0.2, 0) is 19.2 Å². The third-order valence-corrected chi connectivity index (χ3v) is 7.20. The number of imide groups is 2. The second-order valence-electron chi connectivity index (χ2n) is 8.64. The van der Waals surface area contributed by atoms with Gasteiger partial charge < -0.3 is 9.84 Å². The highest BCUT2D eigenvalue weighted by Crippen LogP contribution is 2.57. The van der Waals surface area contributed by atoms with Crippen molar-refractivity contribution in [3.05, 3.63) is 41.5 Å². The lowest BCUT2D eigenvalue weighted by Gasteiger charge is -2.43. The zero-order valence-corrected chi connectivity index (χ0v) is 17.0. The second-order valence-corrected chi connectivity index (χ2v) is 8.64. The number of nitrogens with zero attached hydrogens (tertiary/aromatic N) is 2. The second kappa shape index (κ2) is 7.51. The Morgan fingerprint density at radius 3 is 2.12 bits per heavy atom. The Hall–Kier alpha value is -3.08. The molecule has 10 heteroatoms. The van der Waals surface area contributed by atoms with Gasteiger partial charge in [-0.15, -0.1) is 0 Å². The number of amides is 4. The summed E-state index contributed by atoms with van der Waals surface area (Å²) in [5.74, 6) is -6.49. The molecule has 168 valence electrons. The van der Waals surface area contributed by atoms with Gasteiger partial charge in [0.2, 0.25) is 0 Å². The highest BCUT2D eigenvalue weighted by molar-refractivity contribution is 6.06. The third-order valence-electron chi connectivity index (χ3n) is 7.20. The molecule has 32 heavy (non-hydrogen) atoms. The van der Waals surface area contributed by atoms with E-state index in [4.69, 9.17) is 9.84 Å². The van der Waals surface area contributed by atoms with Crippen LogP contribution in [0.2, 0.25) is 0 Å². The summed E-state index contributed by atoms with van der Waals surface area (Å²) in [5, 5.41) is 29.2. The average Bonchev–Trinajstić information content (AvgIpc) is 3.16.